The van der Waals surface area contributed by atoms with E-state index in [0.717, 1.165) is 19.5 Å². The summed E-state index contributed by atoms with van der Waals surface area (Å²) < 4.78 is 0. The topological polar surface area (TPSA) is 39.1 Å². The number of hydrogen-bond donors (Lipinski definition) is 1. The van der Waals surface area contributed by atoms with E-state index in [-0.39, 0.29) is 6.04 Å². The normalized spacial score (nSPS) is 12.7. The quantitative estimate of drug-likeness (QED) is 0.799. The number of benzene rings is 1. The van der Waals surface area contributed by atoms with Crippen LogP contribution in [0.15, 0.2) is 30.3 Å². The Morgan fingerprint density at radius 3 is 2.50 bits per heavy atom. The lowest BCUT2D eigenvalue weighted by Gasteiger charge is -2.22. The molecule has 3 nitrogen and oxygen atoms in total. The van der Waals surface area contributed by atoms with Crippen LogP contribution in [0.25, 0.3) is 0 Å². The lowest BCUT2D eigenvalue weighted by molar-refractivity contribution is 0.307. The molecule has 0 aliphatic carbocycles. The third kappa shape index (κ3) is 5.81. The first kappa shape index (κ1) is 14.7. The van der Waals surface area contributed by atoms with Crippen LogP contribution in [0.1, 0.15) is 19.4 Å². The highest BCUT2D eigenvalue weighted by Crippen LogP contribution is 2.01. The summed E-state index contributed by atoms with van der Waals surface area (Å²) in [5.41, 5.74) is 1.34. The zero-order valence-electron chi connectivity index (χ0n) is 11.6. The summed E-state index contributed by atoms with van der Waals surface area (Å²) in [7, 11) is 2.06. The van der Waals surface area contributed by atoms with Crippen LogP contribution in [-0.4, -0.2) is 37.1 Å². The van der Waals surface area contributed by atoms with E-state index in [1.807, 2.05) is 6.07 Å². The number of nitriles is 1. The average Bonchev–Trinajstić information content (AvgIpc) is 2.36. The highest BCUT2D eigenvalue weighted by molar-refractivity contribution is 5.14. The van der Waals surface area contributed by atoms with Crippen LogP contribution in [0.3, 0.4) is 0 Å². The summed E-state index contributed by atoms with van der Waals surface area (Å²) in [6.45, 7) is 5.87. The van der Waals surface area contributed by atoms with Gasteiger partial charge in [-0.15, -0.1) is 0 Å². The molecule has 1 unspecified atom stereocenters. The van der Waals surface area contributed by atoms with Gasteiger partial charge < -0.3 is 4.90 Å². The molecule has 0 saturated carbocycles. The predicted molar refractivity (Wildman–Crippen MR) is 75.3 cm³/mol. The Hall–Kier alpha value is -1.37. The molecule has 1 rings (SSSR count). The van der Waals surface area contributed by atoms with Gasteiger partial charge in [0, 0.05) is 19.1 Å². The molecule has 18 heavy (non-hydrogen) atoms. The highest BCUT2D eigenvalue weighted by Gasteiger charge is 2.11. The van der Waals surface area contributed by atoms with E-state index in [2.05, 4.69) is 61.4 Å². The Labute approximate surface area is 110 Å². The smallest absolute Gasteiger partial charge is 0.108 e. The summed E-state index contributed by atoms with van der Waals surface area (Å²) >= 11 is 0. The van der Waals surface area contributed by atoms with Gasteiger partial charge in [0.05, 0.1) is 6.07 Å². The molecule has 1 aromatic rings. The Morgan fingerprint density at radius 2 is 1.94 bits per heavy atom. The molecule has 1 atom stereocenters. The zero-order valence-corrected chi connectivity index (χ0v) is 11.6. The van der Waals surface area contributed by atoms with Gasteiger partial charge in [-0.3, -0.25) is 5.32 Å². The Balaban J connectivity index is 2.32. The van der Waals surface area contributed by atoms with Gasteiger partial charge in [0.15, 0.2) is 0 Å². The van der Waals surface area contributed by atoms with E-state index in [1.165, 1.54) is 5.56 Å². The molecule has 0 fully saturated rings. The average molecular weight is 245 g/mol. The van der Waals surface area contributed by atoms with E-state index < -0.39 is 0 Å². The fraction of sp³-hybridized carbons (Fsp3) is 0.533. The standard InChI is InChI=1S/C15H23N3/c1-13(2)17-15(11-16)12-18(3)10-9-14-7-5-4-6-8-14/h4-8,13,15,17H,9-10,12H2,1-3H3. The van der Waals surface area contributed by atoms with E-state index >= 15 is 0 Å². The minimum absolute atomic E-state index is 0.0919. The van der Waals surface area contributed by atoms with E-state index in [0.29, 0.717) is 6.04 Å². The predicted octanol–water partition coefficient (Wildman–Crippen LogP) is 2.05. The van der Waals surface area contributed by atoms with Crippen molar-refractivity contribution < 1.29 is 0 Å². The fourth-order valence-electron chi connectivity index (χ4n) is 1.90. The van der Waals surface area contributed by atoms with Crippen molar-refractivity contribution in [2.24, 2.45) is 0 Å². The summed E-state index contributed by atoms with van der Waals surface area (Å²) in [5, 5.41) is 12.3. The van der Waals surface area contributed by atoms with Crippen LogP contribution < -0.4 is 5.32 Å². The molecule has 0 radical (unpaired) electrons. The fourth-order valence-corrected chi connectivity index (χ4v) is 1.90. The summed E-state index contributed by atoms with van der Waals surface area (Å²) in [4.78, 5) is 2.20. The minimum atomic E-state index is -0.0919. The van der Waals surface area contributed by atoms with Crippen molar-refractivity contribution in [1.29, 1.82) is 5.26 Å². The van der Waals surface area contributed by atoms with Crippen molar-refractivity contribution >= 4 is 0 Å². The molecule has 0 aliphatic rings. The molecule has 1 N–H and O–H groups in total. The first-order valence-electron chi connectivity index (χ1n) is 6.50. The van der Waals surface area contributed by atoms with E-state index in [9.17, 15) is 0 Å². The van der Waals surface area contributed by atoms with Crippen molar-refractivity contribution in [2.45, 2.75) is 32.4 Å². The van der Waals surface area contributed by atoms with Crippen LogP contribution in [0.4, 0.5) is 0 Å². The van der Waals surface area contributed by atoms with Gasteiger partial charge in [0.2, 0.25) is 0 Å². The first-order valence-corrected chi connectivity index (χ1v) is 6.50. The van der Waals surface area contributed by atoms with Gasteiger partial charge in [-0.1, -0.05) is 30.3 Å². The van der Waals surface area contributed by atoms with E-state index in [4.69, 9.17) is 5.26 Å². The molecule has 0 saturated heterocycles. The highest BCUT2D eigenvalue weighted by atomic mass is 15.1. The van der Waals surface area contributed by atoms with Crippen molar-refractivity contribution in [3.8, 4) is 6.07 Å². The number of rotatable bonds is 7. The molecule has 0 spiro atoms. The molecule has 3 heteroatoms. The summed E-state index contributed by atoms with van der Waals surface area (Å²) in [6.07, 6.45) is 1.02. The van der Waals surface area contributed by atoms with Gasteiger partial charge in [-0.05, 0) is 32.9 Å². The third-order valence-corrected chi connectivity index (χ3v) is 2.81. The van der Waals surface area contributed by atoms with Crippen molar-refractivity contribution in [3.63, 3.8) is 0 Å². The van der Waals surface area contributed by atoms with Crippen molar-refractivity contribution in [3.05, 3.63) is 35.9 Å². The van der Waals surface area contributed by atoms with Crippen LogP contribution in [-0.2, 0) is 6.42 Å². The number of likely N-dealkylation sites (N-methyl/N-ethyl adjacent to an activating group) is 1. The van der Waals surface area contributed by atoms with Crippen LogP contribution >= 0.6 is 0 Å². The Bertz CT molecular complexity index is 367. The van der Waals surface area contributed by atoms with Gasteiger partial charge in [0.25, 0.3) is 0 Å². The molecule has 98 valence electrons. The lowest BCUT2D eigenvalue weighted by atomic mass is 10.1. The van der Waals surface area contributed by atoms with E-state index in [1.54, 1.807) is 0 Å². The SMILES string of the molecule is CC(C)NC(C#N)CN(C)CCc1ccccc1. The third-order valence-electron chi connectivity index (χ3n) is 2.81. The summed E-state index contributed by atoms with van der Waals surface area (Å²) in [5.74, 6) is 0. The second kappa shape index (κ2) is 7.86. The van der Waals surface area contributed by atoms with Gasteiger partial charge in [-0.2, -0.15) is 5.26 Å². The first-order chi connectivity index (χ1) is 8.61. The molecule has 1 aromatic carbocycles. The molecule has 0 bridgehead atoms. The van der Waals surface area contributed by atoms with Crippen molar-refractivity contribution in [2.75, 3.05) is 20.1 Å². The number of hydrogen-bond acceptors (Lipinski definition) is 3. The molecule has 0 aliphatic heterocycles. The number of nitrogens with zero attached hydrogens (tertiary/aromatic N) is 2. The molecule has 0 amide bonds. The maximum Gasteiger partial charge on any atom is 0.108 e. The Kier molecular flexibility index (Phi) is 6.42. The number of nitrogens with one attached hydrogen (secondary N) is 1. The second-order valence-corrected chi connectivity index (χ2v) is 5.00. The summed E-state index contributed by atoms with van der Waals surface area (Å²) in [6, 6.07) is 13.0. The van der Waals surface area contributed by atoms with Crippen LogP contribution in [0.2, 0.25) is 0 Å². The Morgan fingerprint density at radius 1 is 1.28 bits per heavy atom. The lowest BCUT2D eigenvalue weighted by Crippen LogP contribution is -2.42. The molecule has 0 aromatic heterocycles. The van der Waals surface area contributed by atoms with Gasteiger partial charge in [-0.25, -0.2) is 0 Å². The van der Waals surface area contributed by atoms with Crippen molar-refractivity contribution in [1.82, 2.24) is 10.2 Å². The van der Waals surface area contributed by atoms with Gasteiger partial charge >= 0.3 is 0 Å². The molecular formula is C15H23N3. The van der Waals surface area contributed by atoms with Gasteiger partial charge in [0.1, 0.15) is 6.04 Å². The zero-order chi connectivity index (χ0) is 13.4. The monoisotopic (exact) mass is 245 g/mol. The maximum absolute atomic E-state index is 9.07. The minimum Gasteiger partial charge on any atom is -0.303 e. The second-order valence-electron chi connectivity index (χ2n) is 5.00. The van der Waals surface area contributed by atoms with Crippen LogP contribution in [0, 0.1) is 11.3 Å². The largest absolute Gasteiger partial charge is 0.303 e. The molecule has 0 heterocycles. The molecular weight excluding hydrogens is 222 g/mol. The maximum atomic E-state index is 9.07. The van der Waals surface area contributed by atoms with Crippen LogP contribution in [0.5, 0.6) is 0 Å².